The molecule has 2 aromatic carbocycles. The van der Waals surface area contributed by atoms with E-state index in [1.807, 2.05) is 12.1 Å². The lowest BCUT2D eigenvalue weighted by atomic mass is 10.1. The van der Waals surface area contributed by atoms with Gasteiger partial charge in [0.1, 0.15) is 17.5 Å². The third kappa shape index (κ3) is 8.41. The van der Waals surface area contributed by atoms with Crippen molar-refractivity contribution in [3.8, 4) is 17.2 Å². The first-order chi connectivity index (χ1) is 15.1. The Morgan fingerprint density at radius 2 is 1.69 bits per heavy atom. The van der Waals surface area contributed by atoms with E-state index in [1.165, 1.54) is 0 Å². The number of carboxylic acid groups (broad SMARTS) is 1. The van der Waals surface area contributed by atoms with E-state index in [0.29, 0.717) is 25.2 Å². The second-order valence-corrected chi connectivity index (χ2v) is 11.1. The summed E-state index contributed by atoms with van der Waals surface area (Å²) in [6, 6.07) is 6.34. The van der Waals surface area contributed by atoms with Crippen LogP contribution in [-0.4, -0.2) is 38.7 Å². The van der Waals surface area contributed by atoms with Crippen LogP contribution in [0.25, 0.3) is 0 Å². The first-order valence-corrected chi connectivity index (χ1v) is 13.4. The summed E-state index contributed by atoms with van der Waals surface area (Å²) in [5.74, 6) is 0.549. The van der Waals surface area contributed by atoms with Gasteiger partial charge in [-0.2, -0.15) is 0 Å². The number of hydrogen-bond acceptors (Lipinski definition) is 6. The van der Waals surface area contributed by atoms with Gasteiger partial charge in [-0.3, -0.25) is 4.79 Å². The molecule has 3 rings (SSSR count). The van der Waals surface area contributed by atoms with Crippen LogP contribution in [0.15, 0.2) is 36.8 Å². The molecule has 0 amide bonds. The molecule has 0 spiro atoms. The van der Waals surface area contributed by atoms with E-state index in [4.69, 9.17) is 21.3 Å². The number of phenols is 1. The van der Waals surface area contributed by atoms with Crippen LogP contribution in [-0.2, 0) is 17.6 Å². The quantitative estimate of drug-likeness (QED) is 0.220. The molecule has 0 bridgehead atoms. The number of carbonyl (C=O) groups is 1. The Kier molecular flexibility index (Phi) is 11.7. The summed E-state index contributed by atoms with van der Waals surface area (Å²) in [6.45, 7) is 0.683. The van der Waals surface area contributed by atoms with Gasteiger partial charge in [0.15, 0.2) is 5.75 Å². The van der Waals surface area contributed by atoms with Gasteiger partial charge in [0, 0.05) is 18.3 Å². The molecule has 0 aliphatic carbocycles. The van der Waals surface area contributed by atoms with Crippen LogP contribution < -0.4 is 16.2 Å². The van der Waals surface area contributed by atoms with Crippen molar-refractivity contribution in [1.29, 1.82) is 0 Å². The topological polar surface area (TPSA) is 147 Å². The van der Waals surface area contributed by atoms with Gasteiger partial charge in [0.05, 0.1) is 20.6 Å². The van der Waals surface area contributed by atoms with Crippen molar-refractivity contribution in [2.75, 3.05) is 6.54 Å². The summed E-state index contributed by atoms with van der Waals surface area (Å²) < 4.78 is 9.14. The van der Waals surface area contributed by atoms with Gasteiger partial charge in [-0.05, 0) is 133 Å². The van der Waals surface area contributed by atoms with Crippen molar-refractivity contribution in [3.63, 3.8) is 0 Å². The maximum atomic E-state index is 10.9. The Morgan fingerprint density at radius 1 is 1.09 bits per heavy atom. The highest BCUT2D eigenvalue weighted by Crippen LogP contribution is 2.36. The average Bonchev–Trinajstić information content (AvgIpc) is 3.23. The van der Waals surface area contributed by atoms with E-state index >= 15 is 0 Å². The third-order valence-corrected chi connectivity index (χ3v) is 7.26. The fourth-order valence-electron chi connectivity index (χ4n) is 2.46. The number of carboxylic acids is 1. The van der Waals surface area contributed by atoms with Gasteiger partial charge in [0.2, 0.25) is 0 Å². The zero-order valence-electron chi connectivity index (χ0n) is 16.5. The molecule has 8 nitrogen and oxygen atoms in total. The molecule has 7 N–H and O–H groups in total. The Balaban J connectivity index is 0.000000380. The zero-order valence-corrected chi connectivity index (χ0v) is 25.1. The molecule has 1 aromatic heterocycles. The summed E-state index contributed by atoms with van der Waals surface area (Å²) in [6.07, 6.45) is 4.59. The minimum Gasteiger partial charge on any atom is -0.506 e. The van der Waals surface area contributed by atoms with Crippen LogP contribution in [0.5, 0.6) is 17.2 Å². The SMILES string of the molecule is NCCc1cnc[nH]1.N[C@@H](Cc1cc(I)c(Oc2cc(I)c(O)c(I)c2)c(I)c1)C(=O)O. The van der Waals surface area contributed by atoms with Gasteiger partial charge in [-0.25, -0.2) is 4.98 Å². The monoisotopic (exact) mass is 888 g/mol. The number of rotatable bonds is 7. The van der Waals surface area contributed by atoms with Crippen LogP contribution in [0.2, 0.25) is 0 Å². The number of benzene rings is 2. The van der Waals surface area contributed by atoms with Gasteiger partial charge in [-0.15, -0.1) is 0 Å². The van der Waals surface area contributed by atoms with E-state index in [0.717, 1.165) is 24.8 Å². The number of nitrogens with two attached hydrogens (primary N) is 2. The van der Waals surface area contributed by atoms with E-state index in [-0.39, 0.29) is 12.2 Å². The Bertz CT molecular complexity index is 1020. The van der Waals surface area contributed by atoms with Crippen molar-refractivity contribution < 1.29 is 19.7 Å². The molecule has 32 heavy (non-hydrogen) atoms. The van der Waals surface area contributed by atoms with Crippen molar-refractivity contribution in [1.82, 2.24) is 9.97 Å². The number of ether oxygens (including phenoxy) is 1. The number of halogens is 4. The van der Waals surface area contributed by atoms with Crippen LogP contribution in [0.4, 0.5) is 0 Å². The number of nitrogens with zero attached hydrogens (tertiary/aromatic N) is 1. The minimum absolute atomic E-state index is 0.242. The lowest BCUT2D eigenvalue weighted by Crippen LogP contribution is -2.32. The van der Waals surface area contributed by atoms with Crippen molar-refractivity contribution in [2.45, 2.75) is 18.9 Å². The van der Waals surface area contributed by atoms with Crippen LogP contribution in [0.1, 0.15) is 11.3 Å². The maximum absolute atomic E-state index is 10.9. The number of aromatic nitrogens is 2. The highest BCUT2D eigenvalue weighted by Gasteiger charge is 2.16. The van der Waals surface area contributed by atoms with E-state index < -0.39 is 12.0 Å². The summed E-state index contributed by atoms with van der Waals surface area (Å²) in [4.78, 5) is 17.7. The molecule has 1 atom stereocenters. The number of nitrogens with one attached hydrogen (secondary N) is 1. The summed E-state index contributed by atoms with van der Waals surface area (Å²) in [7, 11) is 0. The highest BCUT2D eigenvalue weighted by atomic mass is 127. The normalized spacial score (nSPS) is 11.4. The second-order valence-electron chi connectivity index (χ2n) is 6.49. The van der Waals surface area contributed by atoms with Gasteiger partial charge >= 0.3 is 5.97 Å². The number of H-pyrrole nitrogens is 1. The Hall–Kier alpha value is -0.440. The molecule has 0 aliphatic rings. The summed E-state index contributed by atoms with van der Waals surface area (Å²) in [5.41, 5.74) is 12.8. The molecule has 172 valence electrons. The van der Waals surface area contributed by atoms with Gasteiger partial charge in [-0.1, -0.05) is 0 Å². The van der Waals surface area contributed by atoms with Crippen molar-refractivity contribution >= 4 is 96.3 Å². The van der Waals surface area contributed by atoms with Crippen LogP contribution in [0.3, 0.4) is 0 Å². The molecule has 0 unspecified atom stereocenters. The zero-order chi connectivity index (χ0) is 23.8. The maximum Gasteiger partial charge on any atom is 0.320 e. The van der Waals surface area contributed by atoms with Gasteiger partial charge < -0.3 is 31.4 Å². The first kappa shape index (κ1) is 27.8. The standard InChI is InChI=1S/C15H11I4NO4.C5H9N3/c16-8-4-7(5-9(17)13(8)21)24-14-10(18)1-6(2-11(14)19)3-12(20)15(22)23;6-2-1-5-3-7-4-8-5/h1-2,4-5,12,21H,3,20H2,(H,22,23);3-4H,1-2,6H2,(H,7,8)/t12-;/m0./s1. The predicted octanol–water partition coefficient (Wildman–Crippen LogP) is 4.47. The molecule has 0 radical (unpaired) electrons. The summed E-state index contributed by atoms with van der Waals surface area (Å²) >= 11 is 8.42. The second kappa shape index (κ2) is 13.4. The minimum atomic E-state index is -1.02. The molecular formula is C20H20I4N4O4. The van der Waals surface area contributed by atoms with E-state index in [9.17, 15) is 9.90 Å². The number of hydrogen-bond donors (Lipinski definition) is 5. The fourth-order valence-corrected chi connectivity index (χ4v) is 6.29. The third-order valence-electron chi connectivity index (χ3n) is 4.01. The Labute approximate surface area is 239 Å². The molecule has 0 fully saturated rings. The van der Waals surface area contributed by atoms with E-state index in [1.54, 1.807) is 24.7 Å². The average molecular weight is 888 g/mol. The number of aromatic amines is 1. The number of imidazole rings is 1. The Morgan fingerprint density at radius 3 is 2.16 bits per heavy atom. The first-order valence-electron chi connectivity index (χ1n) is 9.11. The fraction of sp³-hybridized carbons (Fsp3) is 0.200. The van der Waals surface area contributed by atoms with E-state index in [2.05, 4.69) is 100 Å². The smallest absolute Gasteiger partial charge is 0.320 e. The number of aliphatic carboxylic acids is 1. The predicted molar refractivity (Wildman–Crippen MR) is 156 cm³/mol. The van der Waals surface area contributed by atoms with Crippen molar-refractivity contribution in [3.05, 3.63) is 62.3 Å². The largest absolute Gasteiger partial charge is 0.506 e. The molecule has 0 aliphatic heterocycles. The molecule has 1 heterocycles. The molecule has 12 heteroatoms. The highest BCUT2D eigenvalue weighted by molar-refractivity contribution is 14.1. The summed E-state index contributed by atoms with van der Waals surface area (Å²) in [5, 5.41) is 18.8. The molecule has 0 saturated carbocycles. The number of aromatic hydroxyl groups is 1. The number of phenolic OH excluding ortho intramolecular Hbond substituents is 1. The lowest BCUT2D eigenvalue weighted by Gasteiger charge is -2.14. The van der Waals surface area contributed by atoms with Crippen LogP contribution in [0, 0.1) is 14.3 Å². The molecular weight excluding hydrogens is 868 g/mol. The lowest BCUT2D eigenvalue weighted by molar-refractivity contribution is -0.138. The molecule has 3 aromatic rings. The van der Waals surface area contributed by atoms with Gasteiger partial charge in [0.25, 0.3) is 0 Å². The van der Waals surface area contributed by atoms with Crippen LogP contribution >= 0.6 is 90.4 Å². The van der Waals surface area contributed by atoms with Crippen molar-refractivity contribution in [2.24, 2.45) is 11.5 Å². The molecule has 0 saturated heterocycles.